The summed E-state index contributed by atoms with van der Waals surface area (Å²) < 4.78 is 14.9. The monoisotopic (exact) mass is 406 g/mol. The molecule has 3 aromatic heterocycles. The molecular weight excluding hydrogens is 387 g/mol. The average Bonchev–Trinajstić information content (AvgIpc) is 3.26. The normalized spacial score (nSPS) is 10.8. The molecule has 0 saturated heterocycles. The maximum Gasteiger partial charge on any atom is 0.263 e. The van der Waals surface area contributed by atoms with E-state index in [2.05, 4.69) is 16.4 Å². The summed E-state index contributed by atoms with van der Waals surface area (Å²) in [6.45, 7) is 0.659. The minimum atomic E-state index is -0.351. The number of aromatic nitrogens is 3. The van der Waals surface area contributed by atoms with Crippen LogP contribution < -0.4 is 10.9 Å². The number of thiophene rings is 1. The predicted molar refractivity (Wildman–Crippen MR) is 115 cm³/mol. The molecule has 29 heavy (non-hydrogen) atoms. The van der Waals surface area contributed by atoms with Crippen LogP contribution in [0.15, 0.2) is 71.1 Å². The molecule has 0 saturated carbocycles. The highest BCUT2D eigenvalue weighted by molar-refractivity contribution is 7.09. The molecule has 0 bridgehead atoms. The average molecular weight is 406 g/mol. The van der Waals surface area contributed by atoms with Crippen molar-refractivity contribution >= 4 is 17.3 Å². The van der Waals surface area contributed by atoms with E-state index in [9.17, 15) is 9.18 Å². The number of nitrogens with one attached hydrogen (secondary N) is 1. The lowest BCUT2D eigenvalue weighted by Gasteiger charge is -2.16. The van der Waals surface area contributed by atoms with Crippen molar-refractivity contribution in [2.24, 2.45) is 7.05 Å². The first kappa shape index (κ1) is 19.0. The molecule has 4 rings (SSSR count). The van der Waals surface area contributed by atoms with E-state index in [1.54, 1.807) is 42.9 Å². The largest absolute Gasteiger partial charge is 0.355 e. The van der Waals surface area contributed by atoms with Crippen molar-refractivity contribution in [2.75, 3.05) is 11.9 Å². The number of nitrogens with zero attached hydrogens (tertiary/aromatic N) is 3. The van der Waals surface area contributed by atoms with Crippen LogP contribution in [-0.2, 0) is 13.5 Å². The van der Waals surface area contributed by atoms with E-state index in [4.69, 9.17) is 4.98 Å². The highest BCUT2D eigenvalue weighted by atomic mass is 32.1. The Kier molecular flexibility index (Phi) is 5.48. The number of benzene rings is 1. The Bertz CT molecular complexity index is 1160. The summed E-state index contributed by atoms with van der Waals surface area (Å²) in [5.74, 6) is 0.139. The van der Waals surface area contributed by atoms with E-state index in [0.29, 0.717) is 29.3 Å². The highest BCUT2D eigenvalue weighted by Crippen LogP contribution is 2.28. The molecular formula is C22H19FN4OS. The van der Waals surface area contributed by atoms with Gasteiger partial charge in [-0.05, 0) is 47.7 Å². The molecule has 0 spiro atoms. The summed E-state index contributed by atoms with van der Waals surface area (Å²) in [5, 5.41) is 5.32. The van der Waals surface area contributed by atoms with Gasteiger partial charge in [0, 0.05) is 36.4 Å². The Morgan fingerprint density at radius 1 is 1.07 bits per heavy atom. The number of rotatable bonds is 6. The maximum atomic E-state index is 13.4. The van der Waals surface area contributed by atoms with Gasteiger partial charge in [-0.1, -0.05) is 18.2 Å². The molecule has 0 amide bonds. The van der Waals surface area contributed by atoms with E-state index in [-0.39, 0.29) is 11.4 Å². The second-order valence-electron chi connectivity index (χ2n) is 6.52. The standard InChI is InChI=1S/C22H19FN4OS/c1-27-21(28)19(15-4-6-17(23)7-5-15)20(16-8-11-24-12-9-16)26-22(27)25-13-10-18-3-2-14-29-18/h2-9,11-12,14H,10,13H2,1H3,(H,25,26). The van der Waals surface area contributed by atoms with Gasteiger partial charge in [-0.15, -0.1) is 11.3 Å². The Morgan fingerprint density at radius 3 is 2.52 bits per heavy atom. The summed E-state index contributed by atoms with van der Waals surface area (Å²) in [7, 11) is 1.69. The fourth-order valence-electron chi connectivity index (χ4n) is 3.11. The summed E-state index contributed by atoms with van der Waals surface area (Å²) in [6.07, 6.45) is 4.16. The number of hydrogen-bond acceptors (Lipinski definition) is 5. The van der Waals surface area contributed by atoms with Crippen LogP contribution in [0.2, 0.25) is 0 Å². The van der Waals surface area contributed by atoms with Gasteiger partial charge >= 0.3 is 0 Å². The lowest BCUT2D eigenvalue weighted by Crippen LogP contribution is -2.25. The Morgan fingerprint density at radius 2 is 1.83 bits per heavy atom. The second kappa shape index (κ2) is 8.36. The Balaban J connectivity index is 1.77. The van der Waals surface area contributed by atoms with Gasteiger partial charge in [-0.3, -0.25) is 14.3 Å². The van der Waals surface area contributed by atoms with Crippen LogP contribution in [0.4, 0.5) is 10.3 Å². The molecule has 0 aliphatic rings. The van der Waals surface area contributed by atoms with Crippen LogP contribution >= 0.6 is 11.3 Å². The van der Waals surface area contributed by atoms with Crippen LogP contribution in [0.5, 0.6) is 0 Å². The zero-order chi connectivity index (χ0) is 20.2. The van der Waals surface area contributed by atoms with E-state index in [0.717, 1.165) is 12.0 Å². The molecule has 146 valence electrons. The topological polar surface area (TPSA) is 59.8 Å². The van der Waals surface area contributed by atoms with Crippen molar-refractivity contribution in [3.05, 3.63) is 87.4 Å². The molecule has 5 nitrogen and oxygen atoms in total. The summed E-state index contributed by atoms with van der Waals surface area (Å²) in [5.41, 5.74) is 2.18. The number of halogens is 1. The van der Waals surface area contributed by atoms with E-state index in [1.165, 1.54) is 21.6 Å². The highest BCUT2D eigenvalue weighted by Gasteiger charge is 2.18. The summed E-state index contributed by atoms with van der Waals surface area (Å²) in [4.78, 5) is 23.3. The minimum Gasteiger partial charge on any atom is -0.355 e. The molecule has 0 unspecified atom stereocenters. The van der Waals surface area contributed by atoms with Crippen molar-refractivity contribution in [3.63, 3.8) is 0 Å². The second-order valence-corrected chi connectivity index (χ2v) is 7.55. The number of pyridine rings is 1. The quantitative estimate of drug-likeness (QED) is 0.517. The third-order valence-corrected chi connectivity index (χ3v) is 5.55. The van der Waals surface area contributed by atoms with Crippen molar-refractivity contribution in [1.82, 2.24) is 14.5 Å². The van der Waals surface area contributed by atoms with Gasteiger partial charge < -0.3 is 5.32 Å². The molecule has 3 heterocycles. The molecule has 0 aliphatic carbocycles. The van der Waals surface area contributed by atoms with Gasteiger partial charge in [-0.25, -0.2) is 9.37 Å². The fraction of sp³-hybridized carbons (Fsp3) is 0.136. The number of anilines is 1. The SMILES string of the molecule is Cn1c(NCCc2cccs2)nc(-c2ccncc2)c(-c2ccc(F)cc2)c1=O. The van der Waals surface area contributed by atoms with Crippen LogP contribution in [0.1, 0.15) is 4.88 Å². The van der Waals surface area contributed by atoms with E-state index < -0.39 is 0 Å². The number of hydrogen-bond donors (Lipinski definition) is 1. The lowest BCUT2D eigenvalue weighted by atomic mass is 10.0. The molecule has 1 N–H and O–H groups in total. The first-order valence-electron chi connectivity index (χ1n) is 9.17. The summed E-state index contributed by atoms with van der Waals surface area (Å²) >= 11 is 1.70. The molecule has 0 atom stereocenters. The van der Waals surface area contributed by atoms with Gasteiger partial charge in [-0.2, -0.15) is 0 Å². The third-order valence-electron chi connectivity index (χ3n) is 4.61. The van der Waals surface area contributed by atoms with Crippen molar-refractivity contribution in [3.8, 4) is 22.4 Å². The van der Waals surface area contributed by atoms with Gasteiger partial charge in [0.05, 0.1) is 11.3 Å². The van der Waals surface area contributed by atoms with Gasteiger partial charge in [0.1, 0.15) is 5.82 Å². The van der Waals surface area contributed by atoms with Crippen molar-refractivity contribution in [1.29, 1.82) is 0 Å². The third kappa shape index (κ3) is 4.09. The van der Waals surface area contributed by atoms with Gasteiger partial charge in [0.15, 0.2) is 0 Å². The van der Waals surface area contributed by atoms with Crippen molar-refractivity contribution in [2.45, 2.75) is 6.42 Å². The zero-order valence-electron chi connectivity index (χ0n) is 15.8. The smallest absolute Gasteiger partial charge is 0.263 e. The first-order chi connectivity index (χ1) is 14.1. The first-order valence-corrected chi connectivity index (χ1v) is 10.0. The molecule has 0 aliphatic heterocycles. The lowest BCUT2D eigenvalue weighted by molar-refractivity contribution is 0.628. The Hall–Kier alpha value is -3.32. The molecule has 1 aromatic carbocycles. The molecule has 7 heteroatoms. The van der Waals surface area contributed by atoms with E-state index in [1.807, 2.05) is 23.6 Å². The predicted octanol–water partition coefficient (Wildman–Crippen LogP) is 4.36. The zero-order valence-corrected chi connectivity index (χ0v) is 16.6. The molecule has 0 fully saturated rings. The Labute approximate surface area is 171 Å². The minimum absolute atomic E-state index is 0.197. The van der Waals surface area contributed by atoms with Crippen LogP contribution in [0.25, 0.3) is 22.4 Å². The van der Waals surface area contributed by atoms with Crippen LogP contribution in [0.3, 0.4) is 0 Å². The maximum absolute atomic E-state index is 13.4. The summed E-state index contributed by atoms with van der Waals surface area (Å²) in [6, 6.07) is 13.6. The van der Waals surface area contributed by atoms with Gasteiger partial charge in [0.2, 0.25) is 5.95 Å². The molecule has 4 aromatic rings. The van der Waals surface area contributed by atoms with Crippen LogP contribution in [-0.4, -0.2) is 21.1 Å². The van der Waals surface area contributed by atoms with Crippen LogP contribution in [0, 0.1) is 5.82 Å². The van der Waals surface area contributed by atoms with Crippen molar-refractivity contribution < 1.29 is 4.39 Å². The molecule has 0 radical (unpaired) electrons. The fourth-order valence-corrected chi connectivity index (χ4v) is 3.82. The van der Waals surface area contributed by atoms with E-state index >= 15 is 0 Å². The van der Waals surface area contributed by atoms with Gasteiger partial charge in [0.25, 0.3) is 5.56 Å².